The summed E-state index contributed by atoms with van der Waals surface area (Å²) in [6.07, 6.45) is 3.55. The van der Waals surface area contributed by atoms with Crippen molar-refractivity contribution in [1.29, 1.82) is 0 Å². The van der Waals surface area contributed by atoms with Gasteiger partial charge in [0.05, 0.1) is 24.5 Å². The molecule has 0 aliphatic carbocycles. The SMILES string of the molecule is Cc1ccc(-c2[nH]ncc2C=NNC(=O)Cc2ccc(Br)cc2)cc1. The Morgan fingerprint density at radius 2 is 1.92 bits per heavy atom. The minimum absolute atomic E-state index is 0.168. The summed E-state index contributed by atoms with van der Waals surface area (Å²) in [5.41, 5.74) is 7.37. The van der Waals surface area contributed by atoms with E-state index < -0.39 is 0 Å². The second-order valence-corrected chi connectivity index (χ2v) is 6.58. The van der Waals surface area contributed by atoms with Gasteiger partial charge < -0.3 is 0 Å². The van der Waals surface area contributed by atoms with Gasteiger partial charge in [-0.2, -0.15) is 10.2 Å². The van der Waals surface area contributed by atoms with E-state index in [9.17, 15) is 4.79 Å². The van der Waals surface area contributed by atoms with E-state index in [2.05, 4.69) is 36.7 Å². The molecule has 0 radical (unpaired) electrons. The van der Waals surface area contributed by atoms with Crippen LogP contribution in [0.5, 0.6) is 0 Å². The molecule has 3 rings (SSSR count). The molecular weight excluding hydrogens is 380 g/mol. The number of aromatic amines is 1. The highest BCUT2D eigenvalue weighted by Gasteiger charge is 2.06. The molecule has 0 bridgehead atoms. The fourth-order valence-electron chi connectivity index (χ4n) is 2.35. The number of H-pyrrole nitrogens is 1. The number of amides is 1. The normalized spacial score (nSPS) is 11.0. The van der Waals surface area contributed by atoms with E-state index in [-0.39, 0.29) is 12.3 Å². The fraction of sp³-hybridized carbons (Fsp3) is 0.105. The Labute approximate surface area is 154 Å². The summed E-state index contributed by atoms with van der Waals surface area (Å²) in [6.45, 7) is 2.04. The first-order valence-corrected chi connectivity index (χ1v) is 8.58. The van der Waals surface area contributed by atoms with Gasteiger partial charge in [0, 0.05) is 15.6 Å². The first-order chi connectivity index (χ1) is 12.1. The predicted molar refractivity (Wildman–Crippen MR) is 102 cm³/mol. The fourth-order valence-corrected chi connectivity index (χ4v) is 2.61. The average Bonchev–Trinajstić information content (AvgIpc) is 3.06. The highest BCUT2D eigenvalue weighted by Crippen LogP contribution is 2.20. The molecule has 0 aliphatic rings. The minimum Gasteiger partial charge on any atom is -0.277 e. The van der Waals surface area contributed by atoms with Crippen LogP contribution in [-0.2, 0) is 11.2 Å². The lowest BCUT2D eigenvalue weighted by Crippen LogP contribution is -2.19. The molecule has 25 heavy (non-hydrogen) atoms. The number of carbonyl (C=O) groups is 1. The van der Waals surface area contributed by atoms with E-state index in [0.29, 0.717) is 0 Å². The molecule has 0 saturated heterocycles. The first kappa shape index (κ1) is 17.1. The number of hydrogen-bond acceptors (Lipinski definition) is 3. The Bertz CT molecular complexity index is 883. The van der Waals surface area contributed by atoms with Crippen molar-refractivity contribution < 1.29 is 4.79 Å². The van der Waals surface area contributed by atoms with Crippen molar-refractivity contribution in [2.45, 2.75) is 13.3 Å². The largest absolute Gasteiger partial charge is 0.277 e. The van der Waals surface area contributed by atoms with Gasteiger partial charge in [0.2, 0.25) is 5.91 Å². The zero-order valence-corrected chi connectivity index (χ0v) is 15.2. The van der Waals surface area contributed by atoms with Crippen LogP contribution in [0.2, 0.25) is 0 Å². The maximum absolute atomic E-state index is 12.0. The van der Waals surface area contributed by atoms with Gasteiger partial charge in [0.15, 0.2) is 0 Å². The number of hydrazone groups is 1. The number of aryl methyl sites for hydroxylation is 1. The maximum Gasteiger partial charge on any atom is 0.244 e. The van der Waals surface area contributed by atoms with Crippen LogP contribution in [0.4, 0.5) is 0 Å². The number of nitrogens with zero attached hydrogens (tertiary/aromatic N) is 2. The quantitative estimate of drug-likeness (QED) is 0.507. The van der Waals surface area contributed by atoms with E-state index in [1.54, 1.807) is 12.4 Å². The molecule has 1 amide bonds. The molecular formula is C19H17BrN4O. The van der Waals surface area contributed by atoms with E-state index in [1.807, 2.05) is 55.5 Å². The van der Waals surface area contributed by atoms with Crippen molar-refractivity contribution in [3.8, 4) is 11.3 Å². The topological polar surface area (TPSA) is 70.1 Å². The molecule has 126 valence electrons. The first-order valence-electron chi connectivity index (χ1n) is 7.78. The molecule has 2 N–H and O–H groups in total. The molecule has 2 aromatic carbocycles. The molecule has 0 fully saturated rings. The molecule has 0 atom stereocenters. The minimum atomic E-state index is -0.168. The third-order valence-corrected chi connectivity index (χ3v) is 4.21. The van der Waals surface area contributed by atoms with Gasteiger partial charge in [-0.05, 0) is 24.6 Å². The molecule has 6 heteroatoms. The Balaban J connectivity index is 1.63. The molecule has 1 heterocycles. The van der Waals surface area contributed by atoms with E-state index in [1.165, 1.54) is 5.56 Å². The summed E-state index contributed by atoms with van der Waals surface area (Å²) in [4.78, 5) is 12.0. The van der Waals surface area contributed by atoms with Gasteiger partial charge in [0.1, 0.15) is 0 Å². The summed E-state index contributed by atoms with van der Waals surface area (Å²) in [5.74, 6) is -0.168. The van der Waals surface area contributed by atoms with Crippen molar-refractivity contribution in [3.05, 3.63) is 75.9 Å². The van der Waals surface area contributed by atoms with Gasteiger partial charge in [-0.1, -0.05) is 57.9 Å². The lowest BCUT2D eigenvalue weighted by Gasteiger charge is -2.02. The molecule has 3 aromatic rings. The number of hydrogen-bond donors (Lipinski definition) is 2. The van der Waals surface area contributed by atoms with Crippen LogP contribution in [0.25, 0.3) is 11.3 Å². The van der Waals surface area contributed by atoms with Crippen molar-refractivity contribution in [2.75, 3.05) is 0 Å². The number of benzene rings is 2. The van der Waals surface area contributed by atoms with Crippen molar-refractivity contribution in [1.82, 2.24) is 15.6 Å². The van der Waals surface area contributed by atoms with E-state index >= 15 is 0 Å². The Kier molecular flexibility index (Phi) is 5.40. The number of nitrogens with one attached hydrogen (secondary N) is 2. The highest BCUT2D eigenvalue weighted by molar-refractivity contribution is 9.10. The third kappa shape index (κ3) is 4.64. The Morgan fingerprint density at radius 1 is 1.20 bits per heavy atom. The number of carbonyl (C=O) groups excluding carboxylic acids is 1. The smallest absolute Gasteiger partial charge is 0.244 e. The van der Waals surface area contributed by atoms with E-state index in [0.717, 1.165) is 26.9 Å². The lowest BCUT2D eigenvalue weighted by molar-refractivity contribution is -0.120. The molecule has 1 aromatic heterocycles. The molecule has 0 unspecified atom stereocenters. The van der Waals surface area contributed by atoms with Gasteiger partial charge >= 0.3 is 0 Å². The van der Waals surface area contributed by atoms with Crippen molar-refractivity contribution in [2.24, 2.45) is 5.10 Å². The monoisotopic (exact) mass is 396 g/mol. The van der Waals surface area contributed by atoms with Crippen LogP contribution in [-0.4, -0.2) is 22.3 Å². The van der Waals surface area contributed by atoms with Crippen molar-refractivity contribution in [3.63, 3.8) is 0 Å². The summed E-state index contributed by atoms with van der Waals surface area (Å²) in [7, 11) is 0. The summed E-state index contributed by atoms with van der Waals surface area (Å²) in [5, 5.41) is 11.1. The molecule has 0 aliphatic heterocycles. The standard InChI is InChI=1S/C19H17BrN4O/c1-13-2-6-15(7-3-13)19-16(12-22-24-19)11-21-23-18(25)10-14-4-8-17(20)9-5-14/h2-9,11-12H,10H2,1H3,(H,22,24)(H,23,25). The summed E-state index contributed by atoms with van der Waals surface area (Å²) < 4.78 is 0.985. The second kappa shape index (κ2) is 7.90. The zero-order valence-electron chi connectivity index (χ0n) is 13.7. The second-order valence-electron chi connectivity index (χ2n) is 5.66. The van der Waals surface area contributed by atoms with Crippen LogP contribution in [0.3, 0.4) is 0 Å². The Morgan fingerprint density at radius 3 is 2.64 bits per heavy atom. The lowest BCUT2D eigenvalue weighted by atomic mass is 10.1. The zero-order chi connectivity index (χ0) is 17.6. The maximum atomic E-state index is 12.0. The van der Waals surface area contributed by atoms with Crippen LogP contribution >= 0.6 is 15.9 Å². The third-order valence-electron chi connectivity index (χ3n) is 3.68. The average molecular weight is 397 g/mol. The predicted octanol–water partition coefficient (Wildman–Crippen LogP) is 3.84. The van der Waals surface area contributed by atoms with Gasteiger partial charge in [0.25, 0.3) is 0 Å². The molecule has 0 spiro atoms. The van der Waals surface area contributed by atoms with Crippen LogP contribution < -0.4 is 5.43 Å². The number of halogens is 1. The summed E-state index contributed by atoms with van der Waals surface area (Å²) >= 11 is 3.37. The van der Waals surface area contributed by atoms with Crippen LogP contribution in [0.1, 0.15) is 16.7 Å². The van der Waals surface area contributed by atoms with Gasteiger partial charge in [-0.3, -0.25) is 9.89 Å². The Hall–Kier alpha value is -2.73. The molecule has 0 saturated carbocycles. The van der Waals surface area contributed by atoms with Crippen molar-refractivity contribution >= 4 is 28.1 Å². The van der Waals surface area contributed by atoms with Crippen LogP contribution in [0.15, 0.2) is 64.3 Å². The van der Waals surface area contributed by atoms with Gasteiger partial charge in [-0.15, -0.1) is 0 Å². The molecule has 5 nitrogen and oxygen atoms in total. The van der Waals surface area contributed by atoms with Gasteiger partial charge in [-0.25, -0.2) is 5.43 Å². The number of aromatic nitrogens is 2. The van der Waals surface area contributed by atoms with Crippen LogP contribution in [0, 0.1) is 6.92 Å². The van der Waals surface area contributed by atoms with E-state index in [4.69, 9.17) is 0 Å². The number of rotatable bonds is 5. The highest BCUT2D eigenvalue weighted by atomic mass is 79.9. The summed E-state index contributed by atoms with van der Waals surface area (Å²) in [6, 6.07) is 15.7.